The van der Waals surface area contributed by atoms with Crippen LogP contribution < -0.4 is 0 Å². The second kappa shape index (κ2) is 7.86. The van der Waals surface area contributed by atoms with Gasteiger partial charge in [0.1, 0.15) is 5.78 Å². The molecule has 16 heavy (non-hydrogen) atoms. The van der Waals surface area contributed by atoms with Crippen LogP contribution in [0.2, 0.25) is 0 Å². The first kappa shape index (κ1) is 15.7. The maximum atomic E-state index is 12.4. The SMILES string of the molecule is CCCCCC(C)(CCC)C(=O)C(C)CC. The van der Waals surface area contributed by atoms with Gasteiger partial charge in [-0.25, -0.2) is 0 Å². The summed E-state index contributed by atoms with van der Waals surface area (Å²) in [7, 11) is 0. The smallest absolute Gasteiger partial charge is 0.141 e. The van der Waals surface area contributed by atoms with Crippen LogP contribution in [0.25, 0.3) is 0 Å². The summed E-state index contributed by atoms with van der Waals surface area (Å²) < 4.78 is 0. The maximum Gasteiger partial charge on any atom is 0.141 e. The van der Waals surface area contributed by atoms with Crippen LogP contribution >= 0.6 is 0 Å². The predicted octanol–water partition coefficient (Wildman–Crippen LogP) is 4.99. The zero-order chi connectivity index (χ0) is 12.6. The van der Waals surface area contributed by atoms with Crippen molar-refractivity contribution in [3.8, 4) is 0 Å². The molecule has 0 aliphatic heterocycles. The van der Waals surface area contributed by atoms with E-state index in [1.165, 1.54) is 19.3 Å². The average molecular weight is 226 g/mol. The minimum atomic E-state index is -0.0562. The summed E-state index contributed by atoms with van der Waals surface area (Å²) in [5.41, 5.74) is -0.0562. The van der Waals surface area contributed by atoms with Crippen molar-refractivity contribution >= 4 is 5.78 Å². The van der Waals surface area contributed by atoms with Crippen molar-refractivity contribution in [1.29, 1.82) is 0 Å². The van der Waals surface area contributed by atoms with Crippen LogP contribution in [0, 0.1) is 11.3 Å². The molecule has 0 amide bonds. The van der Waals surface area contributed by atoms with Gasteiger partial charge in [-0.2, -0.15) is 0 Å². The standard InChI is InChI=1S/C15H30O/c1-6-9-10-12-15(5,11-7-2)14(16)13(4)8-3/h13H,6-12H2,1-5H3. The lowest BCUT2D eigenvalue weighted by atomic mass is 9.72. The third-order valence-corrected chi connectivity index (χ3v) is 3.79. The van der Waals surface area contributed by atoms with Gasteiger partial charge in [0.15, 0.2) is 0 Å². The van der Waals surface area contributed by atoms with E-state index < -0.39 is 0 Å². The van der Waals surface area contributed by atoms with E-state index in [9.17, 15) is 4.79 Å². The minimum absolute atomic E-state index is 0.0562. The van der Waals surface area contributed by atoms with Gasteiger partial charge in [0.25, 0.3) is 0 Å². The monoisotopic (exact) mass is 226 g/mol. The fourth-order valence-electron chi connectivity index (χ4n) is 2.47. The van der Waals surface area contributed by atoms with E-state index in [0.717, 1.165) is 25.7 Å². The van der Waals surface area contributed by atoms with Crippen molar-refractivity contribution in [2.45, 2.75) is 79.6 Å². The van der Waals surface area contributed by atoms with Gasteiger partial charge >= 0.3 is 0 Å². The Morgan fingerprint density at radius 1 is 1.06 bits per heavy atom. The minimum Gasteiger partial charge on any atom is -0.299 e. The molecule has 0 aromatic heterocycles. The molecule has 1 heteroatoms. The highest BCUT2D eigenvalue weighted by molar-refractivity contribution is 5.86. The Kier molecular flexibility index (Phi) is 7.70. The fraction of sp³-hybridized carbons (Fsp3) is 0.933. The second-order valence-electron chi connectivity index (χ2n) is 5.44. The van der Waals surface area contributed by atoms with E-state index in [1.807, 2.05) is 0 Å². The number of hydrogen-bond donors (Lipinski definition) is 0. The van der Waals surface area contributed by atoms with Gasteiger partial charge in [0.2, 0.25) is 0 Å². The second-order valence-corrected chi connectivity index (χ2v) is 5.44. The van der Waals surface area contributed by atoms with Crippen molar-refractivity contribution in [2.75, 3.05) is 0 Å². The van der Waals surface area contributed by atoms with E-state index in [-0.39, 0.29) is 11.3 Å². The van der Waals surface area contributed by atoms with E-state index >= 15 is 0 Å². The fourth-order valence-corrected chi connectivity index (χ4v) is 2.47. The van der Waals surface area contributed by atoms with Crippen LogP contribution in [0.4, 0.5) is 0 Å². The molecule has 0 N–H and O–H groups in total. The summed E-state index contributed by atoms with van der Waals surface area (Å²) in [4.78, 5) is 12.4. The van der Waals surface area contributed by atoms with Gasteiger partial charge in [-0.3, -0.25) is 4.79 Å². The lowest BCUT2D eigenvalue weighted by Crippen LogP contribution is -2.32. The van der Waals surface area contributed by atoms with E-state index in [1.54, 1.807) is 0 Å². The molecule has 0 aromatic rings. The van der Waals surface area contributed by atoms with Crippen molar-refractivity contribution in [3.05, 3.63) is 0 Å². The number of ketones is 1. The van der Waals surface area contributed by atoms with Crippen LogP contribution in [0.1, 0.15) is 79.6 Å². The van der Waals surface area contributed by atoms with Gasteiger partial charge in [-0.1, -0.05) is 60.3 Å². The molecule has 0 saturated heterocycles. The highest BCUT2D eigenvalue weighted by atomic mass is 16.1. The summed E-state index contributed by atoms with van der Waals surface area (Å²) in [6.07, 6.45) is 7.93. The van der Waals surface area contributed by atoms with Crippen molar-refractivity contribution in [2.24, 2.45) is 11.3 Å². The van der Waals surface area contributed by atoms with Crippen LogP contribution in [-0.4, -0.2) is 5.78 Å². The number of unbranched alkanes of at least 4 members (excludes halogenated alkanes) is 2. The molecule has 0 aromatic carbocycles. The molecule has 0 aliphatic rings. The first-order chi connectivity index (χ1) is 7.51. The number of carbonyl (C=O) groups excluding carboxylic acids is 1. The molecule has 96 valence electrons. The Bertz CT molecular complexity index is 198. The number of Topliss-reactive ketones (excluding diaryl/α,β-unsaturated/α-hetero) is 1. The van der Waals surface area contributed by atoms with Crippen LogP contribution in [-0.2, 0) is 4.79 Å². The van der Waals surface area contributed by atoms with Gasteiger partial charge < -0.3 is 0 Å². The first-order valence-electron chi connectivity index (χ1n) is 7.06. The van der Waals surface area contributed by atoms with E-state index in [0.29, 0.717) is 5.78 Å². The predicted molar refractivity (Wildman–Crippen MR) is 71.6 cm³/mol. The van der Waals surface area contributed by atoms with Crippen LogP contribution in [0.5, 0.6) is 0 Å². The molecule has 1 nitrogen and oxygen atoms in total. The lowest BCUT2D eigenvalue weighted by molar-refractivity contribution is -0.132. The largest absolute Gasteiger partial charge is 0.299 e. The molecule has 0 fully saturated rings. The zero-order valence-electron chi connectivity index (χ0n) is 11.9. The molecule has 0 rings (SSSR count). The van der Waals surface area contributed by atoms with E-state index in [4.69, 9.17) is 0 Å². The van der Waals surface area contributed by atoms with Crippen molar-refractivity contribution in [1.82, 2.24) is 0 Å². The molecule has 0 spiro atoms. The summed E-state index contributed by atoms with van der Waals surface area (Å²) in [5.74, 6) is 0.728. The average Bonchev–Trinajstić information content (AvgIpc) is 2.27. The summed E-state index contributed by atoms with van der Waals surface area (Å²) in [6.45, 7) is 10.8. The quantitative estimate of drug-likeness (QED) is 0.506. The molecule has 0 radical (unpaired) electrons. The molecular weight excluding hydrogens is 196 g/mol. The Morgan fingerprint density at radius 3 is 2.12 bits per heavy atom. The molecule has 0 bridgehead atoms. The highest BCUT2D eigenvalue weighted by Crippen LogP contribution is 2.34. The number of rotatable bonds is 9. The van der Waals surface area contributed by atoms with Crippen LogP contribution in [0.15, 0.2) is 0 Å². The van der Waals surface area contributed by atoms with Crippen LogP contribution in [0.3, 0.4) is 0 Å². The maximum absolute atomic E-state index is 12.4. The third-order valence-electron chi connectivity index (χ3n) is 3.79. The summed E-state index contributed by atoms with van der Waals surface area (Å²) in [5, 5.41) is 0. The zero-order valence-corrected chi connectivity index (χ0v) is 11.9. The topological polar surface area (TPSA) is 17.1 Å². The summed E-state index contributed by atoms with van der Waals surface area (Å²) in [6, 6.07) is 0. The Morgan fingerprint density at radius 2 is 1.69 bits per heavy atom. The molecule has 2 atom stereocenters. The van der Waals surface area contributed by atoms with Gasteiger partial charge in [0.05, 0.1) is 0 Å². The lowest BCUT2D eigenvalue weighted by Gasteiger charge is -2.30. The van der Waals surface area contributed by atoms with Crippen molar-refractivity contribution in [3.63, 3.8) is 0 Å². The Labute approximate surface area is 102 Å². The molecule has 0 saturated carbocycles. The molecule has 0 heterocycles. The molecular formula is C15H30O. The van der Waals surface area contributed by atoms with Gasteiger partial charge in [-0.15, -0.1) is 0 Å². The third kappa shape index (κ3) is 4.67. The Hall–Kier alpha value is -0.330. The Balaban J connectivity index is 4.47. The summed E-state index contributed by atoms with van der Waals surface area (Å²) >= 11 is 0. The molecule has 0 aliphatic carbocycles. The number of hydrogen-bond acceptors (Lipinski definition) is 1. The van der Waals surface area contributed by atoms with Crippen molar-refractivity contribution < 1.29 is 4.79 Å². The number of carbonyl (C=O) groups is 1. The molecule has 2 unspecified atom stereocenters. The highest BCUT2D eigenvalue weighted by Gasteiger charge is 2.33. The van der Waals surface area contributed by atoms with E-state index in [2.05, 4.69) is 34.6 Å². The first-order valence-corrected chi connectivity index (χ1v) is 7.06. The normalized spacial score (nSPS) is 16.8. The van der Waals surface area contributed by atoms with Gasteiger partial charge in [-0.05, 0) is 19.3 Å². The van der Waals surface area contributed by atoms with Gasteiger partial charge in [0, 0.05) is 11.3 Å².